The number of rotatable bonds is 4. The molecule has 3 aromatic rings. The van der Waals surface area contributed by atoms with E-state index < -0.39 is 0 Å². The number of amides is 2. The summed E-state index contributed by atoms with van der Waals surface area (Å²) in [6.07, 6.45) is 3.73. The van der Waals surface area contributed by atoms with Crippen LogP contribution < -0.4 is 5.32 Å². The zero-order valence-electron chi connectivity index (χ0n) is 18.6. The second-order valence-electron chi connectivity index (χ2n) is 9.15. The minimum absolute atomic E-state index is 0.0513. The van der Waals surface area contributed by atoms with E-state index in [1.54, 1.807) is 6.07 Å². The average Bonchev–Trinajstić information content (AvgIpc) is 3.33. The molecule has 0 spiro atoms. The Hall–Kier alpha value is -3.05. The quantitative estimate of drug-likeness (QED) is 0.506. The monoisotopic (exact) mass is 462 g/mol. The fourth-order valence-corrected chi connectivity index (χ4v) is 4.98. The molecule has 170 valence electrons. The van der Waals surface area contributed by atoms with Crippen LogP contribution in [0.25, 0.3) is 11.3 Å². The molecule has 2 aliphatic heterocycles. The number of likely N-dealkylation sites (tertiary alicyclic amines) is 1. The summed E-state index contributed by atoms with van der Waals surface area (Å²) in [5, 5.41) is 3.52. The van der Waals surface area contributed by atoms with E-state index in [4.69, 9.17) is 16.0 Å². The number of carbonyl (C=O) groups excluding carboxylic acids is 2. The summed E-state index contributed by atoms with van der Waals surface area (Å²) in [6.45, 7) is 3.88. The number of nitrogens with one attached hydrogen (secondary N) is 1. The van der Waals surface area contributed by atoms with Crippen molar-refractivity contribution in [2.75, 3.05) is 18.4 Å². The van der Waals surface area contributed by atoms with Crippen LogP contribution in [0, 0.1) is 5.92 Å². The van der Waals surface area contributed by atoms with Gasteiger partial charge in [0, 0.05) is 41.3 Å². The van der Waals surface area contributed by atoms with E-state index in [1.807, 2.05) is 53.4 Å². The topological polar surface area (TPSA) is 62.6 Å². The molecule has 5 nitrogen and oxygen atoms in total. The molecule has 1 aromatic heterocycles. The Kier molecular flexibility index (Phi) is 5.98. The first-order valence-electron chi connectivity index (χ1n) is 11.6. The molecular formula is C27H27ClN2O3. The smallest absolute Gasteiger partial charge is 0.253 e. The molecule has 33 heavy (non-hydrogen) atoms. The molecule has 2 amide bonds. The van der Waals surface area contributed by atoms with Gasteiger partial charge in [-0.25, -0.2) is 0 Å². The molecule has 1 N–H and O–H groups in total. The normalized spacial score (nSPS) is 20.3. The van der Waals surface area contributed by atoms with Crippen molar-refractivity contribution in [2.24, 2.45) is 5.92 Å². The summed E-state index contributed by atoms with van der Waals surface area (Å²) in [5.41, 5.74) is 3.23. The van der Waals surface area contributed by atoms with Gasteiger partial charge in [-0.3, -0.25) is 9.59 Å². The summed E-state index contributed by atoms with van der Waals surface area (Å²) in [5.74, 6) is 1.76. The third kappa shape index (κ3) is 4.55. The molecule has 2 aliphatic rings. The van der Waals surface area contributed by atoms with Gasteiger partial charge in [-0.2, -0.15) is 0 Å². The van der Waals surface area contributed by atoms with Gasteiger partial charge in [-0.05, 0) is 73.2 Å². The molecule has 0 bridgehead atoms. The van der Waals surface area contributed by atoms with Crippen molar-refractivity contribution >= 4 is 29.1 Å². The van der Waals surface area contributed by atoms with Gasteiger partial charge < -0.3 is 14.6 Å². The molecule has 0 aliphatic carbocycles. The van der Waals surface area contributed by atoms with Crippen molar-refractivity contribution in [2.45, 2.75) is 38.5 Å². The lowest BCUT2D eigenvalue weighted by Gasteiger charge is -2.20. The predicted molar refractivity (Wildman–Crippen MR) is 130 cm³/mol. The highest BCUT2D eigenvalue weighted by Crippen LogP contribution is 2.37. The third-order valence-corrected chi connectivity index (χ3v) is 6.96. The summed E-state index contributed by atoms with van der Waals surface area (Å²) >= 11 is 6.14. The van der Waals surface area contributed by atoms with Gasteiger partial charge in [0.1, 0.15) is 11.5 Å². The molecule has 3 heterocycles. The number of hydrogen-bond acceptors (Lipinski definition) is 3. The maximum Gasteiger partial charge on any atom is 0.253 e. The Labute approximate surface area is 198 Å². The number of furan rings is 1. The Bertz CT molecular complexity index is 1200. The van der Waals surface area contributed by atoms with Crippen molar-refractivity contribution in [3.63, 3.8) is 0 Å². The summed E-state index contributed by atoms with van der Waals surface area (Å²) in [6, 6.07) is 16.8. The number of halogens is 1. The Balaban J connectivity index is 1.33. The van der Waals surface area contributed by atoms with Crippen LogP contribution in [0.1, 0.15) is 53.8 Å². The van der Waals surface area contributed by atoms with E-state index in [-0.39, 0.29) is 17.7 Å². The van der Waals surface area contributed by atoms with Gasteiger partial charge in [0.05, 0.1) is 5.92 Å². The summed E-state index contributed by atoms with van der Waals surface area (Å²) in [7, 11) is 0. The van der Waals surface area contributed by atoms with Crippen molar-refractivity contribution in [3.8, 4) is 11.3 Å². The lowest BCUT2D eigenvalue weighted by molar-refractivity contribution is -0.117. The number of carbonyl (C=O) groups is 2. The van der Waals surface area contributed by atoms with Gasteiger partial charge in [0.15, 0.2) is 0 Å². The van der Waals surface area contributed by atoms with Gasteiger partial charge in [-0.1, -0.05) is 30.7 Å². The number of anilines is 1. The van der Waals surface area contributed by atoms with Crippen molar-refractivity contribution in [1.29, 1.82) is 0 Å². The Morgan fingerprint density at radius 1 is 1.12 bits per heavy atom. The maximum absolute atomic E-state index is 13.1. The van der Waals surface area contributed by atoms with Crippen LogP contribution in [0.3, 0.4) is 0 Å². The molecule has 0 saturated carbocycles. The minimum Gasteiger partial charge on any atom is -0.461 e. The molecule has 5 rings (SSSR count). The van der Waals surface area contributed by atoms with Gasteiger partial charge in [-0.15, -0.1) is 0 Å². The number of fused-ring (bicyclic) bond motifs is 1. The molecule has 2 atom stereocenters. The van der Waals surface area contributed by atoms with Gasteiger partial charge in [0.25, 0.3) is 5.91 Å². The second kappa shape index (κ2) is 9.06. The number of nitrogens with zero attached hydrogens (tertiary/aromatic N) is 1. The van der Waals surface area contributed by atoms with Crippen LogP contribution in [0.5, 0.6) is 0 Å². The highest BCUT2D eigenvalue weighted by atomic mass is 35.5. The molecule has 6 heteroatoms. The summed E-state index contributed by atoms with van der Waals surface area (Å²) in [4.78, 5) is 27.6. The molecule has 1 saturated heterocycles. The first-order chi connectivity index (χ1) is 16.0. The molecule has 2 aromatic carbocycles. The van der Waals surface area contributed by atoms with E-state index in [1.165, 1.54) is 6.42 Å². The van der Waals surface area contributed by atoms with Gasteiger partial charge >= 0.3 is 0 Å². The fraction of sp³-hybridized carbons (Fsp3) is 0.333. The van der Waals surface area contributed by atoms with Crippen LogP contribution >= 0.6 is 11.6 Å². The molecular weight excluding hydrogens is 436 g/mol. The van der Waals surface area contributed by atoms with Crippen molar-refractivity contribution in [1.82, 2.24) is 4.90 Å². The standard InChI is InChI=1S/C27H27ClN2O3/c1-17-4-3-12-30(13-11-17)27(32)19-6-2-5-18(14-19)25-10-8-21(33-25)16-23-22-15-20(28)7-9-24(22)29-26(23)31/h2,5-10,14-15,17,23H,3-4,11-13,16H2,1H3,(H,29,31). The largest absolute Gasteiger partial charge is 0.461 e. The Morgan fingerprint density at radius 3 is 2.88 bits per heavy atom. The van der Waals surface area contributed by atoms with Crippen molar-refractivity contribution in [3.05, 3.63) is 76.5 Å². The van der Waals surface area contributed by atoms with Crippen molar-refractivity contribution < 1.29 is 14.0 Å². The SMILES string of the molecule is CC1CCCN(C(=O)c2cccc(-c3ccc(CC4C(=O)Nc5ccc(Cl)cc54)o3)c2)CC1. The lowest BCUT2D eigenvalue weighted by atomic mass is 9.96. The van der Waals surface area contributed by atoms with E-state index in [2.05, 4.69) is 12.2 Å². The number of hydrogen-bond donors (Lipinski definition) is 1. The predicted octanol–water partition coefficient (Wildman–Crippen LogP) is 6.14. The first-order valence-corrected chi connectivity index (χ1v) is 11.9. The third-order valence-electron chi connectivity index (χ3n) is 6.73. The molecule has 1 fully saturated rings. The average molecular weight is 463 g/mol. The fourth-order valence-electron chi connectivity index (χ4n) is 4.80. The second-order valence-corrected chi connectivity index (χ2v) is 9.59. The number of benzene rings is 2. The van der Waals surface area contributed by atoms with Crippen LogP contribution in [-0.2, 0) is 11.2 Å². The highest BCUT2D eigenvalue weighted by Gasteiger charge is 2.31. The Morgan fingerprint density at radius 2 is 2.00 bits per heavy atom. The minimum atomic E-state index is -0.337. The van der Waals surface area contributed by atoms with E-state index in [9.17, 15) is 9.59 Å². The molecule has 0 radical (unpaired) electrons. The first kappa shape index (κ1) is 21.8. The zero-order chi connectivity index (χ0) is 22.9. The zero-order valence-corrected chi connectivity index (χ0v) is 19.4. The van der Waals surface area contributed by atoms with Gasteiger partial charge in [0.2, 0.25) is 5.91 Å². The lowest BCUT2D eigenvalue weighted by Crippen LogP contribution is -2.31. The van der Waals surface area contributed by atoms with E-state index in [0.29, 0.717) is 28.7 Å². The van der Waals surface area contributed by atoms with Crippen LogP contribution in [-0.4, -0.2) is 29.8 Å². The van der Waals surface area contributed by atoms with Crippen LogP contribution in [0.15, 0.2) is 59.0 Å². The maximum atomic E-state index is 13.1. The molecule has 2 unspecified atom stereocenters. The van der Waals surface area contributed by atoms with E-state index >= 15 is 0 Å². The summed E-state index contributed by atoms with van der Waals surface area (Å²) < 4.78 is 6.10. The van der Waals surface area contributed by atoms with E-state index in [0.717, 1.165) is 48.5 Å². The van der Waals surface area contributed by atoms with Crippen LogP contribution in [0.2, 0.25) is 5.02 Å². The highest BCUT2D eigenvalue weighted by molar-refractivity contribution is 6.31. The van der Waals surface area contributed by atoms with Crippen LogP contribution in [0.4, 0.5) is 5.69 Å².